The van der Waals surface area contributed by atoms with E-state index in [2.05, 4.69) is 18.8 Å². The Morgan fingerprint density at radius 1 is 1.06 bits per heavy atom. The summed E-state index contributed by atoms with van der Waals surface area (Å²) in [6, 6.07) is 7.89. The number of benzene rings is 1. The number of esters is 1. The summed E-state index contributed by atoms with van der Waals surface area (Å²) in [6.07, 6.45) is 14.7. The van der Waals surface area contributed by atoms with E-state index in [-0.39, 0.29) is 17.9 Å². The third-order valence-electron chi connectivity index (χ3n) is 7.91. The number of hydrogen-bond acceptors (Lipinski definition) is 3. The van der Waals surface area contributed by atoms with Gasteiger partial charge < -0.3 is 14.7 Å². The van der Waals surface area contributed by atoms with Gasteiger partial charge in [-0.3, -0.25) is 4.79 Å². The normalized spacial score (nSPS) is 23.0. The van der Waals surface area contributed by atoms with Crippen LogP contribution in [0.4, 0.5) is 4.79 Å². The predicted molar refractivity (Wildman–Crippen MR) is 144 cm³/mol. The molecule has 5 nitrogen and oxygen atoms in total. The van der Waals surface area contributed by atoms with E-state index >= 15 is 0 Å². The Balaban J connectivity index is 1.58. The minimum atomic E-state index is -0.910. The Hall–Kier alpha value is -2.48. The van der Waals surface area contributed by atoms with Gasteiger partial charge in [0.2, 0.25) is 0 Å². The molecule has 5 heteroatoms. The quantitative estimate of drug-likeness (QED) is 0.185. The Morgan fingerprint density at radius 3 is 2.42 bits per heavy atom. The van der Waals surface area contributed by atoms with Crippen molar-refractivity contribution in [3.63, 3.8) is 0 Å². The van der Waals surface area contributed by atoms with Crippen molar-refractivity contribution in [2.24, 2.45) is 5.92 Å². The molecule has 0 aromatic heterocycles. The van der Waals surface area contributed by atoms with Crippen LogP contribution in [0.15, 0.2) is 24.3 Å². The van der Waals surface area contributed by atoms with Gasteiger partial charge in [-0.25, -0.2) is 4.79 Å². The Labute approximate surface area is 218 Å². The van der Waals surface area contributed by atoms with Gasteiger partial charge in [0.1, 0.15) is 0 Å². The summed E-state index contributed by atoms with van der Waals surface area (Å²) >= 11 is 0. The highest BCUT2D eigenvalue weighted by Crippen LogP contribution is 2.45. The lowest BCUT2D eigenvalue weighted by Gasteiger charge is -2.42. The van der Waals surface area contributed by atoms with Crippen LogP contribution in [-0.2, 0) is 9.53 Å². The van der Waals surface area contributed by atoms with Crippen molar-refractivity contribution in [2.45, 2.75) is 122 Å². The van der Waals surface area contributed by atoms with Crippen LogP contribution in [0.5, 0.6) is 0 Å². The molecule has 1 aliphatic heterocycles. The van der Waals surface area contributed by atoms with Crippen LogP contribution < -0.4 is 0 Å². The van der Waals surface area contributed by atoms with Crippen LogP contribution in [0.25, 0.3) is 0 Å². The first kappa shape index (κ1) is 28.1. The largest absolute Gasteiger partial charge is 0.465 e. The molecule has 3 atom stereocenters. The molecular formula is C31H45NO4. The van der Waals surface area contributed by atoms with E-state index in [4.69, 9.17) is 4.74 Å². The fraction of sp³-hybridized carbons (Fsp3) is 0.677. The number of carbonyl (C=O) groups is 2. The molecule has 1 aromatic rings. The van der Waals surface area contributed by atoms with Crippen LogP contribution in [0.2, 0.25) is 0 Å². The van der Waals surface area contributed by atoms with Crippen LogP contribution in [0.3, 0.4) is 0 Å². The van der Waals surface area contributed by atoms with E-state index in [1.807, 2.05) is 31.2 Å². The number of unbranched alkanes of at least 4 members (excludes halogenated alkanes) is 9. The molecule has 0 unspecified atom stereocenters. The molecule has 2 aliphatic rings. The monoisotopic (exact) mass is 495 g/mol. The second-order valence-corrected chi connectivity index (χ2v) is 10.7. The van der Waals surface area contributed by atoms with Crippen molar-refractivity contribution in [3.8, 4) is 11.8 Å². The fourth-order valence-corrected chi connectivity index (χ4v) is 5.97. The molecule has 1 saturated carbocycles. The van der Waals surface area contributed by atoms with Crippen molar-refractivity contribution in [3.05, 3.63) is 35.4 Å². The van der Waals surface area contributed by atoms with Gasteiger partial charge in [0.15, 0.2) is 5.60 Å². The summed E-state index contributed by atoms with van der Waals surface area (Å²) < 4.78 is 6.22. The number of fused-ring (bicyclic) bond motifs is 1. The molecule has 1 heterocycles. The molecule has 36 heavy (non-hydrogen) atoms. The van der Waals surface area contributed by atoms with Crippen molar-refractivity contribution in [2.75, 3.05) is 6.54 Å². The second kappa shape index (κ2) is 14.3. The number of likely N-dealkylation sites (tertiary alicyclic amines) is 1. The first-order chi connectivity index (χ1) is 17.4. The molecule has 1 amide bonds. The van der Waals surface area contributed by atoms with E-state index < -0.39 is 11.7 Å². The highest BCUT2D eigenvalue weighted by atomic mass is 16.6. The molecule has 0 bridgehead atoms. The molecular weight excluding hydrogens is 450 g/mol. The van der Waals surface area contributed by atoms with Crippen molar-refractivity contribution in [1.29, 1.82) is 0 Å². The lowest BCUT2D eigenvalue weighted by atomic mass is 9.72. The zero-order chi connectivity index (χ0) is 25.8. The lowest BCUT2D eigenvalue weighted by Crippen LogP contribution is -2.51. The highest BCUT2D eigenvalue weighted by molar-refractivity contribution is 5.71. The number of hydrogen-bond donors (Lipinski definition) is 1. The molecule has 3 rings (SSSR count). The zero-order valence-electron chi connectivity index (χ0n) is 22.4. The minimum absolute atomic E-state index is 0.0729. The number of ether oxygens (including phenoxy) is 1. The number of amides is 1. The lowest BCUT2D eigenvalue weighted by molar-refractivity contribution is -0.162. The van der Waals surface area contributed by atoms with Crippen molar-refractivity contribution >= 4 is 12.1 Å². The Morgan fingerprint density at radius 2 is 1.75 bits per heavy atom. The average Bonchev–Trinajstić information content (AvgIpc) is 3.30. The second-order valence-electron chi connectivity index (χ2n) is 10.7. The Bertz CT molecular complexity index is 917. The van der Waals surface area contributed by atoms with Gasteiger partial charge in [-0.05, 0) is 62.6 Å². The average molecular weight is 496 g/mol. The first-order valence-corrected chi connectivity index (χ1v) is 14.3. The highest BCUT2D eigenvalue weighted by Gasteiger charge is 2.53. The molecule has 0 spiro atoms. The van der Waals surface area contributed by atoms with E-state index in [1.165, 1.54) is 49.8 Å². The number of nitrogens with zero attached hydrogens (tertiary/aromatic N) is 1. The van der Waals surface area contributed by atoms with Gasteiger partial charge >= 0.3 is 12.1 Å². The predicted octanol–water partition coefficient (Wildman–Crippen LogP) is 7.49. The van der Waals surface area contributed by atoms with E-state index in [0.717, 1.165) is 43.2 Å². The smallest absolute Gasteiger partial charge is 0.407 e. The van der Waals surface area contributed by atoms with Gasteiger partial charge in [-0.1, -0.05) is 82.8 Å². The van der Waals surface area contributed by atoms with Gasteiger partial charge in [0, 0.05) is 30.5 Å². The van der Waals surface area contributed by atoms with Crippen molar-refractivity contribution in [1.82, 2.24) is 4.90 Å². The topological polar surface area (TPSA) is 66.8 Å². The number of rotatable bonds is 12. The SMILES string of the molecule is CCCCCCCCCCCCC(=O)O[C@@]1(C#Cc2cccc(C)c2)CCC[C@@H]2[C@H]1CCN2C(=O)O. The van der Waals surface area contributed by atoms with Crippen LogP contribution in [0, 0.1) is 24.7 Å². The fourth-order valence-electron chi connectivity index (χ4n) is 5.97. The summed E-state index contributed by atoms with van der Waals surface area (Å²) in [5, 5.41) is 9.68. The molecule has 198 valence electrons. The molecule has 0 radical (unpaired) electrons. The molecule has 1 aliphatic carbocycles. The Kier molecular flexibility index (Phi) is 11.2. The first-order valence-electron chi connectivity index (χ1n) is 14.3. The van der Waals surface area contributed by atoms with Gasteiger partial charge in [-0.2, -0.15) is 0 Å². The van der Waals surface area contributed by atoms with E-state index in [1.54, 1.807) is 0 Å². The van der Waals surface area contributed by atoms with Gasteiger partial charge in [0.25, 0.3) is 0 Å². The molecule has 1 saturated heterocycles. The maximum absolute atomic E-state index is 13.0. The minimum Gasteiger partial charge on any atom is -0.465 e. The zero-order valence-corrected chi connectivity index (χ0v) is 22.4. The number of aryl methyl sites for hydroxylation is 1. The molecule has 1 aromatic carbocycles. The number of carbonyl (C=O) groups excluding carboxylic acids is 1. The molecule has 1 N–H and O–H groups in total. The molecule has 2 fully saturated rings. The van der Waals surface area contributed by atoms with Crippen LogP contribution >= 0.6 is 0 Å². The third-order valence-corrected chi connectivity index (χ3v) is 7.91. The maximum atomic E-state index is 13.0. The van der Waals surface area contributed by atoms with Gasteiger partial charge in [0.05, 0.1) is 0 Å². The standard InChI is InChI=1S/C31H45NO4/c1-3-4-5-6-7-8-9-10-11-12-18-29(33)36-31(22-19-26-16-13-15-25(2)24-26)21-14-17-28-27(31)20-23-32(28)30(34)35/h13,15-16,24,27-28H,3-12,14,17-18,20-21,23H2,1-2H3,(H,34,35)/t27-,28-,31-/m1/s1. The summed E-state index contributed by atoms with van der Waals surface area (Å²) in [5.41, 5.74) is 1.12. The maximum Gasteiger partial charge on any atom is 0.407 e. The third kappa shape index (κ3) is 8.02. The van der Waals surface area contributed by atoms with Crippen LogP contribution in [-0.4, -0.2) is 40.3 Å². The van der Waals surface area contributed by atoms with Gasteiger partial charge in [-0.15, -0.1) is 0 Å². The van der Waals surface area contributed by atoms with Crippen LogP contribution in [0.1, 0.15) is 114 Å². The summed E-state index contributed by atoms with van der Waals surface area (Å²) in [4.78, 5) is 26.3. The van der Waals surface area contributed by atoms with Crippen molar-refractivity contribution < 1.29 is 19.4 Å². The van der Waals surface area contributed by atoms with E-state index in [9.17, 15) is 14.7 Å². The van der Waals surface area contributed by atoms with E-state index in [0.29, 0.717) is 25.8 Å². The summed E-state index contributed by atoms with van der Waals surface area (Å²) in [7, 11) is 0. The summed E-state index contributed by atoms with van der Waals surface area (Å²) in [6.45, 7) is 4.76. The summed E-state index contributed by atoms with van der Waals surface area (Å²) in [5.74, 6) is 6.38. The number of carboxylic acid groups (broad SMARTS) is 1.